The number of amides is 1. The molecular formula is C16H14FN3O3S. The summed E-state index contributed by atoms with van der Waals surface area (Å²) in [6.45, 7) is 1.85. The van der Waals surface area contributed by atoms with E-state index in [9.17, 15) is 14.0 Å². The van der Waals surface area contributed by atoms with Crippen molar-refractivity contribution in [3.8, 4) is 10.8 Å². The summed E-state index contributed by atoms with van der Waals surface area (Å²) in [4.78, 5) is 24.4. The van der Waals surface area contributed by atoms with E-state index >= 15 is 0 Å². The first kappa shape index (κ1) is 16.1. The molecule has 3 rings (SSSR count). The van der Waals surface area contributed by atoms with Crippen molar-refractivity contribution in [3.63, 3.8) is 0 Å². The molecule has 0 radical (unpaired) electrons. The highest BCUT2D eigenvalue weighted by atomic mass is 32.1. The van der Waals surface area contributed by atoms with Gasteiger partial charge in [0, 0.05) is 6.42 Å². The normalized spacial score (nSPS) is 10.8. The SMILES string of the molecule is Cc1ccc(F)c(NC(=O)CCn2nc(-c3cccs3)oc2=O)c1. The van der Waals surface area contributed by atoms with Crippen LogP contribution in [0.1, 0.15) is 12.0 Å². The van der Waals surface area contributed by atoms with Gasteiger partial charge in [-0.05, 0) is 36.1 Å². The maximum absolute atomic E-state index is 13.6. The Balaban J connectivity index is 1.64. The van der Waals surface area contributed by atoms with Gasteiger partial charge in [0.1, 0.15) is 5.82 Å². The van der Waals surface area contributed by atoms with E-state index in [0.29, 0.717) is 0 Å². The Labute approximate surface area is 140 Å². The zero-order chi connectivity index (χ0) is 17.1. The number of aromatic nitrogens is 2. The molecule has 6 nitrogen and oxygen atoms in total. The molecule has 0 fully saturated rings. The second-order valence-corrected chi connectivity index (χ2v) is 6.10. The molecule has 0 saturated carbocycles. The van der Waals surface area contributed by atoms with Gasteiger partial charge in [0.15, 0.2) is 0 Å². The zero-order valence-corrected chi connectivity index (χ0v) is 13.6. The number of halogens is 1. The highest BCUT2D eigenvalue weighted by Gasteiger charge is 2.13. The summed E-state index contributed by atoms with van der Waals surface area (Å²) in [6, 6.07) is 8.06. The predicted molar refractivity (Wildman–Crippen MR) is 88.5 cm³/mol. The Morgan fingerprint density at radius 3 is 3.00 bits per heavy atom. The largest absolute Gasteiger partial charge is 0.437 e. The fourth-order valence-electron chi connectivity index (χ4n) is 2.10. The molecule has 0 unspecified atom stereocenters. The molecular weight excluding hydrogens is 333 g/mol. The smallest absolute Gasteiger partial charge is 0.387 e. The summed E-state index contributed by atoms with van der Waals surface area (Å²) in [6.07, 6.45) is -0.0241. The molecule has 0 spiro atoms. The van der Waals surface area contributed by atoms with E-state index in [1.165, 1.54) is 17.4 Å². The van der Waals surface area contributed by atoms with Crippen LogP contribution in [-0.4, -0.2) is 15.7 Å². The number of hydrogen-bond acceptors (Lipinski definition) is 5. The van der Waals surface area contributed by atoms with Crippen LogP contribution >= 0.6 is 11.3 Å². The van der Waals surface area contributed by atoms with E-state index in [2.05, 4.69) is 10.4 Å². The molecule has 1 aromatic carbocycles. The van der Waals surface area contributed by atoms with Gasteiger partial charge >= 0.3 is 5.76 Å². The number of anilines is 1. The lowest BCUT2D eigenvalue weighted by Gasteiger charge is -2.07. The standard InChI is InChI=1S/C16H14FN3O3S/c1-10-4-5-11(17)12(9-10)18-14(21)6-7-20-16(22)23-15(19-20)13-3-2-8-24-13/h2-5,8-9H,6-7H2,1H3,(H,18,21). The fourth-order valence-corrected chi connectivity index (χ4v) is 2.75. The van der Waals surface area contributed by atoms with Crippen LogP contribution < -0.4 is 11.1 Å². The fraction of sp³-hybridized carbons (Fsp3) is 0.188. The van der Waals surface area contributed by atoms with Crippen LogP contribution in [0.15, 0.2) is 44.9 Å². The number of thiophene rings is 1. The van der Waals surface area contributed by atoms with E-state index in [4.69, 9.17) is 4.42 Å². The third kappa shape index (κ3) is 3.60. The van der Waals surface area contributed by atoms with Gasteiger partial charge in [0.25, 0.3) is 5.89 Å². The average molecular weight is 347 g/mol. The highest BCUT2D eigenvalue weighted by Crippen LogP contribution is 2.21. The number of nitrogens with zero attached hydrogens (tertiary/aromatic N) is 2. The summed E-state index contributed by atoms with van der Waals surface area (Å²) in [5.74, 6) is -1.33. The Bertz CT molecular complexity index is 915. The van der Waals surface area contributed by atoms with Gasteiger partial charge in [0.05, 0.1) is 17.1 Å². The molecule has 1 amide bonds. The summed E-state index contributed by atoms with van der Waals surface area (Å²) < 4.78 is 19.8. The lowest BCUT2D eigenvalue weighted by molar-refractivity contribution is -0.116. The van der Waals surface area contributed by atoms with E-state index in [1.807, 2.05) is 11.4 Å². The Hall–Kier alpha value is -2.74. The summed E-state index contributed by atoms with van der Waals surface area (Å²) in [5.41, 5.74) is 0.951. The van der Waals surface area contributed by atoms with Gasteiger partial charge in [-0.2, -0.15) is 4.68 Å². The predicted octanol–water partition coefficient (Wildman–Crippen LogP) is 3.04. The van der Waals surface area contributed by atoms with Crippen molar-refractivity contribution in [2.45, 2.75) is 19.9 Å². The second kappa shape index (κ2) is 6.79. The van der Waals surface area contributed by atoms with Gasteiger partial charge in [0.2, 0.25) is 5.91 Å². The number of carbonyl (C=O) groups excluding carboxylic acids is 1. The minimum Gasteiger partial charge on any atom is -0.387 e. The van der Waals surface area contributed by atoms with E-state index in [-0.39, 0.29) is 24.5 Å². The maximum Gasteiger partial charge on any atom is 0.437 e. The second-order valence-electron chi connectivity index (χ2n) is 5.16. The van der Waals surface area contributed by atoms with Crippen LogP contribution in [0.25, 0.3) is 10.8 Å². The van der Waals surface area contributed by atoms with Gasteiger partial charge in [-0.15, -0.1) is 16.4 Å². The molecule has 124 valence electrons. The molecule has 0 atom stereocenters. The lowest BCUT2D eigenvalue weighted by atomic mass is 10.2. The number of carbonyl (C=O) groups is 1. The van der Waals surface area contributed by atoms with Crippen molar-refractivity contribution in [2.75, 3.05) is 5.32 Å². The highest BCUT2D eigenvalue weighted by molar-refractivity contribution is 7.13. The van der Waals surface area contributed by atoms with Crippen molar-refractivity contribution in [3.05, 3.63) is 57.6 Å². The minimum absolute atomic E-state index is 0.0241. The number of aryl methyl sites for hydroxylation is 2. The minimum atomic E-state index is -0.632. The van der Waals surface area contributed by atoms with Crippen LogP contribution in [-0.2, 0) is 11.3 Å². The van der Waals surface area contributed by atoms with Crippen LogP contribution in [0.4, 0.5) is 10.1 Å². The number of nitrogens with one attached hydrogen (secondary N) is 1. The molecule has 3 aromatic rings. The first-order valence-electron chi connectivity index (χ1n) is 7.21. The third-order valence-corrected chi connectivity index (χ3v) is 4.14. The van der Waals surface area contributed by atoms with Gasteiger partial charge in [-0.3, -0.25) is 4.79 Å². The topological polar surface area (TPSA) is 77.1 Å². The summed E-state index contributed by atoms with van der Waals surface area (Å²) in [5, 5.41) is 8.39. The maximum atomic E-state index is 13.6. The molecule has 1 N–H and O–H groups in total. The summed E-state index contributed by atoms with van der Waals surface area (Å²) in [7, 11) is 0. The van der Waals surface area contributed by atoms with Gasteiger partial charge in [-0.25, -0.2) is 9.18 Å². The van der Waals surface area contributed by atoms with Crippen molar-refractivity contribution in [2.24, 2.45) is 0 Å². The van der Waals surface area contributed by atoms with Crippen molar-refractivity contribution in [1.29, 1.82) is 0 Å². The number of rotatable bonds is 5. The van der Waals surface area contributed by atoms with E-state index in [0.717, 1.165) is 15.1 Å². The van der Waals surface area contributed by atoms with Crippen LogP contribution in [0.2, 0.25) is 0 Å². The molecule has 8 heteroatoms. The van der Waals surface area contributed by atoms with Crippen molar-refractivity contribution in [1.82, 2.24) is 9.78 Å². The van der Waals surface area contributed by atoms with Crippen LogP contribution in [0.3, 0.4) is 0 Å². The molecule has 2 aromatic heterocycles. The van der Waals surface area contributed by atoms with Crippen molar-refractivity contribution >= 4 is 22.9 Å². The Morgan fingerprint density at radius 1 is 1.42 bits per heavy atom. The lowest BCUT2D eigenvalue weighted by Crippen LogP contribution is -2.21. The van der Waals surface area contributed by atoms with E-state index < -0.39 is 17.5 Å². The molecule has 2 heterocycles. The average Bonchev–Trinajstić information content (AvgIpc) is 3.18. The number of benzene rings is 1. The summed E-state index contributed by atoms with van der Waals surface area (Å²) >= 11 is 1.40. The third-order valence-electron chi connectivity index (χ3n) is 3.28. The van der Waals surface area contributed by atoms with Gasteiger partial charge < -0.3 is 9.73 Å². The van der Waals surface area contributed by atoms with E-state index in [1.54, 1.807) is 25.1 Å². The monoisotopic (exact) mass is 347 g/mol. The first-order valence-corrected chi connectivity index (χ1v) is 8.09. The molecule has 0 aliphatic rings. The number of hydrogen-bond donors (Lipinski definition) is 1. The van der Waals surface area contributed by atoms with Crippen LogP contribution in [0.5, 0.6) is 0 Å². The molecule has 24 heavy (non-hydrogen) atoms. The van der Waals surface area contributed by atoms with Gasteiger partial charge in [-0.1, -0.05) is 12.1 Å². The van der Waals surface area contributed by atoms with Crippen LogP contribution in [0, 0.1) is 12.7 Å². The Kier molecular flexibility index (Phi) is 4.57. The Morgan fingerprint density at radius 2 is 2.25 bits per heavy atom. The first-order chi connectivity index (χ1) is 11.5. The van der Waals surface area contributed by atoms with Crippen molar-refractivity contribution < 1.29 is 13.6 Å². The molecule has 0 aliphatic carbocycles. The quantitative estimate of drug-likeness (QED) is 0.769. The molecule has 0 bridgehead atoms. The molecule has 0 aliphatic heterocycles. The zero-order valence-electron chi connectivity index (χ0n) is 12.8. The molecule has 0 saturated heterocycles.